The summed E-state index contributed by atoms with van der Waals surface area (Å²) in [5.74, 6) is 0.657. The lowest BCUT2D eigenvalue weighted by atomic mass is 10.2. The van der Waals surface area contributed by atoms with Crippen molar-refractivity contribution in [3.63, 3.8) is 0 Å². The first-order chi connectivity index (χ1) is 12.0. The van der Waals surface area contributed by atoms with Gasteiger partial charge < -0.3 is 4.57 Å². The summed E-state index contributed by atoms with van der Waals surface area (Å²) in [5.41, 5.74) is 1.76. The Morgan fingerprint density at radius 1 is 1.00 bits per heavy atom. The molecule has 1 aromatic carbocycles. The van der Waals surface area contributed by atoms with Gasteiger partial charge >= 0.3 is 6.18 Å². The van der Waals surface area contributed by atoms with Gasteiger partial charge in [-0.2, -0.15) is 13.2 Å². The molecule has 3 aromatic heterocycles. The third-order valence-corrected chi connectivity index (χ3v) is 3.70. The van der Waals surface area contributed by atoms with Gasteiger partial charge in [0.25, 0.3) is 0 Å². The maximum Gasteiger partial charge on any atom is 0.433 e. The fourth-order valence-corrected chi connectivity index (χ4v) is 2.50. The van der Waals surface area contributed by atoms with E-state index in [4.69, 9.17) is 0 Å². The number of hydrogen-bond acceptors (Lipinski definition) is 5. The lowest BCUT2D eigenvalue weighted by Crippen LogP contribution is -2.08. The number of imidazole rings is 1. The van der Waals surface area contributed by atoms with Gasteiger partial charge in [-0.3, -0.25) is 4.98 Å². The molecule has 0 N–H and O–H groups in total. The fourth-order valence-electron chi connectivity index (χ4n) is 2.50. The summed E-state index contributed by atoms with van der Waals surface area (Å²) in [4.78, 5) is 7.79. The molecule has 3 heterocycles. The van der Waals surface area contributed by atoms with Crippen molar-refractivity contribution < 1.29 is 17.8 Å². The van der Waals surface area contributed by atoms with Crippen LogP contribution < -0.4 is 0 Å². The molecule has 0 unspecified atom stereocenters. The molecule has 0 aliphatic rings. The number of pyridine rings is 1. The molecule has 126 valence electrons. The van der Waals surface area contributed by atoms with E-state index in [0.29, 0.717) is 29.0 Å². The van der Waals surface area contributed by atoms with Gasteiger partial charge in [0.15, 0.2) is 0 Å². The van der Waals surface area contributed by atoms with E-state index in [0.717, 1.165) is 11.6 Å². The number of benzene rings is 1. The summed E-state index contributed by atoms with van der Waals surface area (Å²) in [5, 5.41) is 7.54. The van der Waals surface area contributed by atoms with Crippen LogP contribution in [0.25, 0.3) is 22.4 Å². The van der Waals surface area contributed by atoms with Gasteiger partial charge in [0.05, 0.1) is 6.54 Å². The van der Waals surface area contributed by atoms with Gasteiger partial charge in [-0.1, -0.05) is 6.07 Å². The largest absolute Gasteiger partial charge is 0.433 e. The van der Waals surface area contributed by atoms with Crippen LogP contribution in [-0.2, 0) is 12.7 Å². The first-order valence-corrected chi connectivity index (χ1v) is 7.27. The van der Waals surface area contributed by atoms with Crippen LogP contribution in [0.1, 0.15) is 11.3 Å². The van der Waals surface area contributed by atoms with Crippen molar-refractivity contribution in [2.75, 3.05) is 0 Å². The van der Waals surface area contributed by atoms with Crippen molar-refractivity contribution >= 4 is 11.0 Å². The average Bonchev–Trinajstić information content (AvgIpc) is 3.22. The second-order valence-electron chi connectivity index (χ2n) is 5.40. The number of fused-ring (bicyclic) bond motifs is 1. The van der Waals surface area contributed by atoms with E-state index in [1.165, 1.54) is 12.3 Å². The second kappa shape index (κ2) is 5.69. The summed E-state index contributed by atoms with van der Waals surface area (Å²) in [6.07, 6.45) is 0.146. The zero-order valence-electron chi connectivity index (χ0n) is 12.6. The molecule has 0 fully saturated rings. The minimum Gasteiger partial charge on any atom is -0.327 e. The number of nitrogens with zero attached hydrogens (tertiary/aromatic N) is 5. The van der Waals surface area contributed by atoms with Gasteiger partial charge in [0, 0.05) is 24.2 Å². The predicted molar refractivity (Wildman–Crippen MR) is 81.4 cm³/mol. The van der Waals surface area contributed by atoms with Gasteiger partial charge in [-0.25, -0.2) is 9.61 Å². The molecule has 4 aromatic rings. The number of rotatable bonds is 3. The van der Waals surface area contributed by atoms with Crippen molar-refractivity contribution in [2.24, 2.45) is 0 Å². The second-order valence-corrected chi connectivity index (χ2v) is 5.40. The highest BCUT2D eigenvalue weighted by atomic mass is 19.4. The molecule has 0 saturated carbocycles. The number of alkyl halides is 3. The van der Waals surface area contributed by atoms with Gasteiger partial charge in [0.2, 0.25) is 0 Å². The van der Waals surface area contributed by atoms with Crippen molar-refractivity contribution in [3.05, 3.63) is 60.2 Å². The maximum absolute atomic E-state index is 12.6. The van der Waals surface area contributed by atoms with Gasteiger partial charge in [-0.05, 0) is 40.1 Å². The van der Waals surface area contributed by atoms with Crippen LogP contribution in [-0.4, -0.2) is 24.8 Å². The van der Waals surface area contributed by atoms with Crippen LogP contribution in [0.5, 0.6) is 0 Å². The first-order valence-electron chi connectivity index (χ1n) is 7.27. The van der Waals surface area contributed by atoms with Crippen LogP contribution >= 0.6 is 0 Å². The lowest BCUT2D eigenvalue weighted by Gasteiger charge is -2.09. The molecule has 6 nitrogen and oxygen atoms in total. The standard InChI is InChI=1S/C16H10F3N5O/c17-16(18,19)14-4-1-10(8-21-14)9-24-6-5-20-15(24)11-2-3-12-13(7-11)23-25-22-12/h1-8H,9H2. The fraction of sp³-hybridized carbons (Fsp3) is 0.125. The topological polar surface area (TPSA) is 69.6 Å². The summed E-state index contributed by atoms with van der Waals surface area (Å²) in [6, 6.07) is 7.76. The minimum atomic E-state index is -4.44. The number of aromatic nitrogens is 5. The smallest absolute Gasteiger partial charge is 0.327 e. The predicted octanol–water partition coefficient (Wildman–Crippen LogP) is 3.55. The molecule has 0 aliphatic carbocycles. The lowest BCUT2D eigenvalue weighted by molar-refractivity contribution is -0.141. The monoisotopic (exact) mass is 345 g/mol. The Kier molecular flexibility index (Phi) is 3.48. The number of halogens is 3. The highest BCUT2D eigenvalue weighted by Crippen LogP contribution is 2.27. The van der Waals surface area contributed by atoms with E-state index in [-0.39, 0.29) is 0 Å². The zero-order valence-corrected chi connectivity index (χ0v) is 12.6. The Bertz CT molecular complexity index is 1020. The van der Waals surface area contributed by atoms with Crippen molar-refractivity contribution in [2.45, 2.75) is 12.7 Å². The molecule has 0 atom stereocenters. The Morgan fingerprint density at radius 2 is 1.84 bits per heavy atom. The summed E-state index contributed by atoms with van der Waals surface area (Å²) >= 11 is 0. The Hall–Kier alpha value is -3.23. The molecule has 0 aliphatic heterocycles. The number of hydrogen-bond donors (Lipinski definition) is 0. The molecule has 0 bridgehead atoms. The van der Waals surface area contributed by atoms with E-state index in [9.17, 15) is 13.2 Å². The molecule has 4 rings (SSSR count). The molecular formula is C16H10F3N5O. The van der Waals surface area contributed by atoms with E-state index >= 15 is 0 Å². The van der Waals surface area contributed by atoms with E-state index in [2.05, 4.69) is 24.9 Å². The maximum atomic E-state index is 12.6. The summed E-state index contributed by atoms with van der Waals surface area (Å²) < 4.78 is 44.3. The van der Waals surface area contributed by atoms with E-state index < -0.39 is 11.9 Å². The summed E-state index contributed by atoms with van der Waals surface area (Å²) in [7, 11) is 0. The van der Waals surface area contributed by atoms with Crippen molar-refractivity contribution in [1.82, 2.24) is 24.8 Å². The zero-order chi connectivity index (χ0) is 17.4. The van der Waals surface area contributed by atoms with Crippen LogP contribution in [0.15, 0.2) is 53.6 Å². The normalized spacial score (nSPS) is 12.0. The molecule has 25 heavy (non-hydrogen) atoms. The average molecular weight is 345 g/mol. The van der Waals surface area contributed by atoms with Crippen molar-refractivity contribution in [1.29, 1.82) is 0 Å². The van der Waals surface area contributed by atoms with Crippen LogP contribution in [0.4, 0.5) is 13.2 Å². The van der Waals surface area contributed by atoms with E-state index in [1.54, 1.807) is 24.5 Å². The quantitative estimate of drug-likeness (QED) is 0.568. The van der Waals surface area contributed by atoms with Crippen LogP contribution in [0.2, 0.25) is 0 Å². The van der Waals surface area contributed by atoms with E-state index in [1.807, 2.05) is 10.6 Å². The van der Waals surface area contributed by atoms with Crippen molar-refractivity contribution in [3.8, 4) is 11.4 Å². The Labute approximate surface area is 138 Å². The molecule has 9 heteroatoms. The molecule has 0 amide bonds. The Balaban J connectivity index is 1.63. The van der Waals surface area contributed by atoms with Gasteiger partial charge in [0.1, 0.15) is 22.6 Å². The molecule has 0 radical (unpaired) electrons. The molecular weight excluding hydrogens is 335 g/mol. The third-order valence-electron chi connectivity index (χ3n) is 3.70. The van der Waals surface area contributed by atoms with Crippen LogP contribution in [0, 0.1) is 0 Å². The molecule has 0 saturated heterocycles. The highest BCUT2D eigenvalue weighted by Gasteiger charge is 2.32. The van der Waals surface area contributed by atoms with Gasteiger partial charge in [-0.15, -0.1) is 0 Å². The highest BCUT2D eigenvalue weighted by molar-refractivity contribution is 5.79. The Morgan fingerprint density at radius 3 is 2.60 bits per heavy atom. The summed E-state index contributed by atoms with van der Waals surface area (Å²) in [6.45, 7) is 0.343. The van der Waals surface area contributed by atoms with Crippen LogP contribution in [0.3, 0.4) is 0 Å². The SMILES string of the molecule is FC(F)(F)c1ccc(Cn2ccnc2-c2ccc3nonc3c2)cn1. The minimum absolute atomic E-state index is 0.343. The first kappa shape index (κ1) is 15.3. The molecule has 0 spiro atoms. The third kappa shape index (κ3) is 2.95.